The molecule has 0 aliphatic carbocycles. The lowest BCUT2D eigenvalue weighted by Gasteiger charge is -2.29. The molecule has 0 bridgehead atoms. The van der Waals surface area contributed by atoms with Crippen LogP contribution in [0.25, 0.3) is 11.0 Å². The molecule has 2 aromatic rings. The number of rotatable bonds is 3. The maximum atomic E-state index is 13.4. The number of fused-ring (bicyclic) bond motifs is 1. The van der Waals surface area contributed by atoms with Gasteiger partial charge in [-0.2, -0.15) is 0 Å². The third kappa shape index (κ3) is 1.90. The number of benzene rings is 1. The highest BCUT2D eigenvalue weighted by Gasteiger charge is 2.25. The highest BCUT2D eigenvalue weighted by molar-refractivity contribution is 7.71. The fourth-order valence-corrected chi connectivity index (χ4v) is 2.61. The minimum atomic E-state index is -0.227. The van der Waals surface area contributed by atoms with Crippen LogP contribution in [0.4, 0.5) is 4.39 Å². The van der Waals surface area contributed by atoms with Crippen LogP contribution in [-0.2, 0) is 5.54 Å². The molecular weight excluding hydrogens is 235 g/mol. The van der Waals surface area contributed by atoms with Gasteiger partial charge in [-0.1, -0.05) is 13.8 Å². The Morgan fingerprint density at radius 1 is 1.35 bits per heavy atom. The van der Waals surface area contributed by atoms with Crippen molar-refractivity contribution >= 4 is 23.3 Å². The van der Waals surface area contributed by atoms with Crippen LogP contribution in [0.1, 0.15) is 33.6 Å². The van der Waals surface area contributed by atoms with Crippen molar-refractivity contribution in [1.82, 2.24) is 9.55 Å². The van der Waals surface area contributed by atoms with Crippen LogP contribution in [0.2, 0.25) is 0 Å². The summed E-state index contributed by atoms with van der Waals surface area (Å²) in [6.07, 6.45) is 1.92. The van der Waals surface area contributed by atoms with Crippen molar-refractivity contribution in [3.63, 3.8) is 0 Å². The van der Waals surface area contributed by atoms with Crippen molar-refractivity contribution in [1.29, 1.82) is 0 Å². The van der Waals surface area contributed by atoms with Gasteiger partial charge >= 0.3 is 0 Å². The highest BCUT2D eigenvalue weighted by Crippen LogP contribution is 2.29. The third-order valence-corrected chi connectivity index (χ3v) is 3.99. The molecule has 0 saturated heterocycles. The molecule has 0 atom stereocenters. The molecule has 0 spiro atoms. The van der Waals surface area contributed by atoms with E-state index < -0.39 is 0 Å². The number of nitrogens with zero attached hydrogens (tertiary/aromatic N) is 1. The van der Waals surface area contributed by atoms with Crippen molar-refractivity contribution < 1.29 is 4.39 Å². The molecule has 2 nitrogen and oxygen atoms in total. The first-order chi connectivity index (χ1) is 8.01. The van der Waals surface area contributed by atoms with Crippen LogP contribution in [-0.4, -0.2) is 9.55 Å². The Kier molecular flexibility index (Phi) is 3.08. The molecule has 0 saturated carbocycles. The summed E-state index contributed by atoms with van der Waals surface area (Å²) in [5.41, 5.74) is 1.68. The predicted octanol–water partition coefficient (Wildman–Crippen LogP) is 4.37. The molecule has 1 aromatic carbocycles. The first-order valence-corrected chi connectivity index (χ1v) is 6.33. The van der Waals surface area contributed by atoms with E-state index in [1.54, 1.807) is 12.1 Å². The maximum Gasteiger partial charge on any atom is 0.178 e. The van der Waals surface area contributed by atoms with Gasteiger partial charge < -0.3 is 9.55 Å². The molecule has 1 aromatic heterocycles. The average molecular weight is 252 g/mol. The lowest BCUT2D eigenvalue weighted by molar-refractivity contribution is 0.299. The zero-order chi connectivity index (χ0) is 12.6. The Morgan fingerprint density at radius 3 is 2.59 bits per heavy atom. The van der Waals surface area contributed by atoms with Gasteiger partial charge in [-0.05, 0) is 50.2 Å². The van der Waals surface area contributed by atoms with Crippen LogP contribution < -0.4 is 0 Å². The van der Waals surface area contributed by atoms with Crippen LogP contribution in [0.5, 0.6) is 0 Å². The minimum absolute atomic E-state index is 0.0663. The quantitative estimate of drug-likeness (QED) is 0.804. The summed E-state index contributed by atoms with van der Waals surface area (Å²) in [5.74, 6) is -0.227. The Morgan fingerprint density at radius 2 is 2.00 bits per heavy atom. The lowest BCUT2D eigenvalue weighted by atomic mass is 9.95. The van der Waals surface area contributed by atoms with E-state index in [-0.39, 0.29) is 11.4 Å². The first-order valence-electron chi connectivity index (χ1n) is 5.92. The third-order valence-electron chi connectivity index (χ3n) is 3.71. The molecule has 0 amide bonds. The number of hydrogen-bond donors (Lipinski definition) is 1. The molecule has 0 aliphatic rings. The molecule has 17 heavy (non-hydrogen) atoms. The standard InChI is InChI=1S/C13H17FN2S/c1-4-13(3,5-2)16-11-8-9(14)6-7-10(11)15-12(16)17/h6-8H,4-5H2,1-3H3,(H,15,17). The Balaban J connectivity index is 2.80. The lowest BCUT2D eigenvalue weighted by Crippen LogP contribution is -2.28. The van der Waals surface area contributed by atoms with Crippen molar-refractivity contribution in [2.24, 2.45) is 0 Å². The summed E-state index contributed by atoms with van der Waals surface area (Å²) in [6, 6.07) is 4.74. The Hall–Kier alpha value is -1.16. The van der Waals surface area contributed by atoms with Gasteiger partial charge in [0.2, 0.25) is 0 Å². The van der Waals surface area contributed by atoms with Crippen molar-refractivity contribution in [2.45, 2.75) is 39.2 Å². The summed E-state index contributed by atoms with van der Waals surface area (Å²) >= 11 is 5.36. The average Bonchev–Trinajstić information content (AvgIpc) is 2.64. The second-order valence-electron chi connectivity index (χ2n) is 4.63. The maximum absolute atomic E-state index is 13.4. The van der Waals surface area contributed by atoms with E-state index in [2.05, 4.69) is 25.8 Å². The molecular formula is C13H17FN2S. The SMILES string of the molecule is CCC(C)(CC)n1c(=S)[nH]c2ccc(F)cc21. The number of nitrogens with one attached hydrogen (secondary N) is 1. The topological polar surface area (TPSA) is 20.7 Å². The number of H-pyrrole nitrogens is 1. The van der Waals surface area contributed by atoms with Crippen LogP contribution in [0.15, 0.2) is 18.2 Å². The van der Waals surface area contributed by atoms with Crippen molar-refractivity contribution in [3.8, 4) is 0 Å². The van der Waals surface area contributed by atoms with E-state index in [9.17, 15) is 4.39 Å². The highest BCUT2D eigenvalue weighted by atomic mass is 32.1. The zero-order valence-electron chi connectivity index (χ0n) is 10.4. The van der Waals surface area contributed by atoms with Gasteiger partial charge in [-0.15, -0.1) is 0 Å². The summed E-state index contributed by atoms with van der Waals surface area (Å²) in [4.78, 5) is 3.14. The van der Waals surface area contributed by atoms with Crippen LogP contribution >= 0.6 is 12.2 Å². The Labute approximate surface area is 105 Å². The van der Waals surface area contributed by atoms with Crippen LogP contribution in [0, 0.1) is 10.6 Å². The van der Waals surface area contributed by atoms with Gasteiger partial charge in [-0.3, -0.25) is 0 Å². The summed E-state index contributed by atoms with van der Waals surface area (Å²) in [5, 5.41) is 0. The second-order valence-corrected chi connectivity index (χ2v) is 5.02. The molecule has 92 valence electrons. The van der Waals surface area contributed by atoms with E-state index >= 15 is 0 Å². The molecule has 0 fully saturated rings. The second kappa shape index (κ2) is 4.26. The number of hydrogen-bond acceptors (Lipinski definition) is 1. The van der Waals surface area contributed by atoms with E-state index in [4.69, 9.17) is 12.2 Å². The number of imidazole rings is 1. The fraction of sp³-hybridized carbons (Fsp3) is 0.462. The summed E-state index contributed by atoms with van der Waals surface area (Å²) in [7, 11) is 0. The van der Waals surface area contributed by atoms with Gasteiger partial charge in [0, 0.05) is 5.54 Å². The molecule has 2 rings (SSSR count). The zero-order valence-corrected chi connectivity index (χ0v) is 11.2. The molecule has 0 unspecified atom stereocenters. The van der Waals surface area contributed by atoms with Gasteiger partial charge in [0.1, 0.15) is 5.82 Å². The number of aromatic amines is 1. The van der Waals surface area contributed by atoms with Gasteiger partial charge in [-0.25, -0.2) is 4.39 Å². The van der Waals surface area contributed by atoms with Crippen molar-refractivity contribution in [3.05, 3.63) is 28.8 Å². The fourth-order valence-electron chi connectivity index (χ4n) is 2.18. The smallest absolute Gasteiger partial charge is 0.178 e. The number of aromatic nitrogens is 2. The normalized spacial score (nSPS) is 12.2. The summed E-state index contributed by atoms with van der Waals surface area (Å²) in [6.45, 7) is 6.41. The number of halogens is 1. The van der Waals surface area contributed by atoms with E-state index in [0.29, 0.717) is 4.77 Å². The van der Waals surface area contributed by atoms with E-state index in [1.807, 2.05) is 4.57 Å². The first kappa shape index (κ1) is 12.3. The predicted molar refractivity (Wildman–Crippen MR) is 71.3 cm³/mol. The minimum Gasteiger partial charge on any atom is -0.331 e. The molecule has 1 heterocycles. The largest absolute Gasteiger partial charge is 0.331 e. The van der Waals surface area contributed by atoms with E-state index in [1.165, 1.54) is 6.07 Å². The van der Waals surface area contributed by atoms with Gasteiger partial charge in [0.05, 0.1) is 11.0 Å². The van der Waals surface area contributed by atoms with Crippen molar-refractivity contribution in [2.75, 3.05) is 0 Å². The van der Waals surface area contributed by atoms with Gasteiger partial charge in [0.15, 0.2) is 4.77 Å². The molecule has 0 aliphatic heterocycles. The summed E-state index contributed by atoms with van der Waals surface area (Å²) < 4.78 is 16.1. The molecule has 4 heteroatoms. The molecule has 0 radical (unpaired) electrons. The molecule has 1 N–H and O–H groups in total. The monoisotopic (exact) mass is 252 g/mol. The van der Waals surface area contributed by atoms with E-state index in [0.717, 1.165) is 23.9 Å². The van der Waals surface area contributed by atoms with Crippen LogP contribution in [0.3, 0.4) is 0 Å². The van der Waals surface area contributed by atoms with Gasteiger partial charge in [0.25, 0.3) is 0 Å². The Bertz CT molecular complexity index is 593.